The molecule has 0 aliphatic carbocycles. The molecule has 2 aliphatic rings. The van der Waals surface area contributed by atoms with Crippen LogP contribution in [0.25, 0.3) is 0 Å². The van der Waals surface area contributed by atoms with Gasteiger partial charge in [0, 0.05) is 39.6 Å². The average Bonchev–Trinajstić information content (AvgIpc) is 2.53. The summed E-state index contributed by atoms with van der Waals surface area (Å²) in [6, 6.07) is 0. The zero-order valence-corrected chi connectivity index (χ0v) is 12.6. The van der Waals surface area contributed by atoms with E-state index >= 15 is 0 Å². The molecule has 8 heteroatoms. The summed E-state index contributed by atoms with van der Waals surface area (Å²) in [5.74, 6) is 1.34. The van der Waals surface area contributed by atoms with Crippen molar-refractivity contribution >= 4 is 29.1 Å². The molecule has 2 amide bonds. The van der Waals surface area contributed by atoms with E-state index in [0.717, 1.165) is 11.5 Å². The Morgan fingerprint density at radius 1 is 1.32 bits per heavy atom. The van der Waals surface area contributed by atoms with E-state index in [1.54, 1.807) is 0 Å². The molecule has 1 fully saturated rings. The van der Waals surface area contributed by atoms with Gasteiger partial charge in [0.15, 0.2) is 11.6 Å². The van der Waals surface area contributed by atoms with Gasteiger partial charge < -0.3 is 20.0 Å². The SMILES string of the molecule is [CH2]CC(=O)N1CCN(c2ncnc3c2N(C)CC(=O)N3)CC1. The average molecular weight is 303 g/mol. The van der Waals surface area contributed by atoms with Crippen LogP contribution in [-0.4, -0.2) is 66.5 Å². The molecular formula is C14H19N6O2. The first-order chi connectivity index (χ1) is 10.6. The molecule has 0 saturated carbocycles. The number of hydrogen-bond acceptors (Lipinski definition) is 6. The topological polar surface area (TPSA) is 81.7 Å². The summed E-state index contributed by atoms with van der Waals surface area (Å²) in [5.41, 5.74) is 0.832. The molecule has 0 bridgehead atoms. The van der Waals surface area contributed by atoms with Crippen LogP contribution in [0.1, 0.15) is 6.42 Å². The van der Waals surface area contributed by atoms with E-state index in [1.807, 2.05) is 16.8 Å². The van der Waals surface area contributed by atoms with Crippen LogP contribution in [0.5, 0.6) is 0 Å². The Hall–Kier alpha value is -2.38. The Balaban J connectivity index is 1.81. The van der Waals surface area contributed by atoms with E-state index in [-0.39, 0.29) is 24.8 Å². The number of likely N-dealkylation sites (N-methyl/N-ethyl adjacent to an activating group) is 1. The van der Waals surface area contributed by atoms with Crippen LogP contribution in [0.3, 0.4) is 0 Å². The maximum atomic E-state index is 11.7. The summed E-state index contributed by atoms with van der Waals surface area (Å²) < 4.78 is 0. The Morgan fingerprint density at radius 2 is 2.05 bits per heavy atom. The number of fused-ring (bicyclic) bond motifs is 1. The summed E-state index contributed by atoms with van der Waals surface area (Å²) in [5, 5.41) is 2.77. The summed E-state index contributed by atoms with van der Waals surface area (Å²) >= 11 is 0. The molecule has 0 aromatic carbocycles. The minimum absolute atomic E-state index is 0.0775. The van der Waals surface area contributed by atoms with Crippen molar-refractivity contribution < 1.29 is 9.59 Å². The minimum atomic E-state index is -0.0782. The highest BCUT2D eigenvalue weighted by molar-refractivity contribution is 6.02. The van der Waals surface area contributed by atoms with Crippen molar-refractivity contribution in [2.75, 3.05) is 54.9 Å². The predicted octanol–water partition coefficient (Wildman–Crippen LogP) is -0.262. The van der Waals surface area contributed by atoms with Gasteiger partial charge in [-0.25, -0.2) is 9.97 Å². The van der Waals surface area contributed by atoms with Crippen LogP contribution in [0.4, 0.5) is 17.3 Å². The fourth-order valence-corrected chi connectivity index (χ4v) is 2.84. The van der Waals surface area contributed by atoms with Gasteiger partial charge in [-0.2, -0.15) is 0 Å². The molecule has 2 aliphatic heterocycles. The molecule has 0 spiro atoms. The lowest BCUT2D eigenvalue weighted by atomic mass is 10.2. The molecule has 0 unspecified atom stereocenters. The summed E-state index contributed by atoms with van der Waals surface area (Å²) in [6.07, 6.45) is 1.75. The third-order valence-electron chi connectivity index (χ3n) is 3.97. The van der Waals surface area contributed by atoms with Gasteiger partial charge in [-0.1, -0.05) is 0 Å². The lowest BCUT2D eigenvalue weighted by molar-refractivity contribution is -0.130. The maximum absolute atomic E-state index is 11.7. The number of amides is 2. The normalized spacial score (nSPS) is 18.1. The molecule has 22 heavy (non-hydrogen) atoms. The van der Waals surface area contributed by atoms with Crippen molar-refractivity contribution in [2.24, 2.45) is 0 Å². The van der Waals surface area contributed by atoms with Gasteiger partial charge in [-0.15, -0.1) is 0 Å². The number of carbonyl (C=O) groups is 2. The molecule has 1 radical (unpaired) electrons. The number of piperazine rings is 1. The summed E-state index contributed by atoms with van der Waals surface area (Å²) in [4.78, 5) is 37.6. The van der Waals surface area contributed by atoms with Gasteiger partial charge in [0.05, 0.1) is 6.54 Å². The second-order valence-corrected chi connectivity index (χ2v) is 5.42. The van der Waals surface area contributed by atoms with Crippen LogP contribution in [-0.2, 0) is 9.59 Å². The smallest absolute Gasteiger partial charge is 0.245 e. The van der Waals surface area contributed by atoms with E-state index < -0.39 is 0 Å². The molecule has 1 saturated heterocycles. The van der Waals surface area contributed by atoms with Crippen LogP contribution in [0, 0.1) is 6.92 Å². The van der Waals surface area contributed by atoms with Crippen molar-refractivity contribution in [1.82, 2.24) is 14.9 Å². The third kappa shape index (κ3) is 2.56. The molecule has 3 rings (SSSR count). The Morgan fingerprint density at radius 3 is 2.73 bits per heavy atom. The molecule has 117 valence electrons. The second-order valence-electron chi connectivity index (χ2n) is 5.42. The largest absolute Gasteiger partial charge is 0.359 e. The summed E-state index contributed by atoms with van der Waals surface area (Å²) in [6.45, 7) is 6.65. The quantitative estimate of drug-likeness (QED) is 0.810. The maximum Gasteiger partial charge on any atom is 0.245 e. The van der Waals surface area contributed by atoms with Crippen LogP contribution in [0.2, 0.25) is 0 Å². The molecule has 1 aromatic rings. The van der Waals surface area contributed by atoms with Gasteiger partial charge in [-0.05, 0) is 6.92 Å². The van der Waals surface area contributed by atoms with Crippen LogP contribution >= 0.6 is 0 Å². The molecule has 1 N–H and O–H groups in total. The highest BCUT2D eigenvalue weighted by atomic mass is 16.2. The zero-order chi connectivity index (χ0) is 15.7. The number of aromatic nitrogens is 2. The fraction of sp³-hybridized carbons (Fsp3) is 0.500. The lowest BCUT2D eigenvalue weighted by Crippen LogP contribution is -2.49. The minimum Gasteiger partial charge on any atom is -0.359 e. The standard InChI is InChI=1S/C14H19N6O2/c1-3-11(22)19-4-6-20(7-5-19)14-12-13(15-9-16-14)17-10(21)8-18(12)2/h9H,1,3-8H2,2H3,(H,15,16,17,21). The van der Waals surface area contributed by atoms with E-state index in [2.05, 4.69) is 27.1 Å². The fourth-order valence-electron chi connectivity index (χ4n) is 2.84. The van der Waals surface area contributed by atoms with Crippen molar-refractivity contribution in [3.05, 3.63) is 13.3 Å². The first-order valence-electron chi connectivity index (χ1n) is 7.28. The number of rotatable bonds is 2. The van der Waals surface area contributed by atoms with Gasteiger partial charge >= 0.3 is 0 Å². The van der Waals surface area contributed by atoms with Crippen molar-refractivity contribution in [3.63, 3.8) is 0 Å². The molecular weight excluding hydrogens is 284 g/mol. The molecule has 8 nitrogen and oxygen atoms in total. The number of hydrogen-bond donors (Lipinski definition) is 1. The Kier molecular flexibility index (Phi) is 3.82. The number of nitrogens with zero attached hydrogens (tertiary/aromatic N) is 5. The lowest BCUT2D eigenvalue weighted by Gasteiger charge is -2.38. The first-order valence-corrected chi connectivity index (χ1v) is 7.28. The highest BCUT2D eigenvalue weighted by Crippen LogP contribution is 2.35. The molecule has 3 heterocycles. The Bertz CT molecular complexity index is 597. The van der Waals surface area contributed by atoms with Crippen molar-refractivity contribution in [1.29, 1.82) is 0 Å². The van der Waals surface area contributed by atoms with Crippen molar-refractivity contribution in [3.8, 4) is 0 Å². The number of anilines is 3. The molecule has 1 aromatic heterocycles. The highest BCUT2D eigenvalue weighted by Gasteiger charge is 2.29. The van der Waals surface area contributed by atoms with E-state index in [1.165, 1.54) is 6.33 Å². The summed E-state index contributed by atoms with van der Waals surface area (Å²) in [7, 11) is 1.85. The first kappa shape index (κ1) is 14.6. The molecule has 0 atom stereocenters. The van der Waals surface area contributed by atoms with Gasteiger partial charge in [0.25, 0.3) is 0 Å². The van der Waals surface area contributed by atoms with Gasteiger partial charge in [0.1, 0.15) is 12.0 Å². The van der Waals surface area contributed by atoms with Crippen LogP contribution in [0.15, 0.2) is 6.33 Å². The monoisotopic (exact) mass is 303 g/mol. The third-order valence-corrected chi connectivity index (χ3v) is 3.97. The number of nitrogens with one attached hydrogen (secondary N) is 1. The van der Waals surface area contributed by atoms with E-state index in [4.69, 9.17) is 0 Å². The van der Waals surface area contributed by atoms with Gasteiger partial charge in [0.2, 0.25) is 11.8 Å². The Labute approximate surface area is 129 Å². The van der Waals surface area contributed by atoms with E-state index in [0.29, 0.717) is 32.0 Å². The predicted molar refractivity (Wildman–Crippen MR) is 82.7 cm³/mol. The van der Waals surface area contributed by atoms with E-state index in [9.17, 15) is 9.59 Å². The second kappa shape index (κ2) is 5.78. The van der Waals surface area contributed by atoms with Crippen LogP contribution < -0.4 is 15.1 Å². The van der Waals surface area contributed by atoms with Gasteiger partial charge in [-0.3, -0.25) is 9.59 Å². The van der Waals surface area contributed by atoms with Crippen molar-refractivity contribution in [2.45, 2.75) is 6.42 Å². The number of carbonyl (C=O) groups excluding carboxylic acids is 2. The zero-order valence-electron chi connectivity index (χ0n) is 12.6.